The number of hydrogen-bond donors (Lipinski definition) is 1. The van der Waals surface area contributed by atoms with Crippen molar-refractivity contribution in [1.29, 1.82) is 0 Å². The fourth-order valence-corrected chi connectivity index (χ4v) is 1.46. The summed E-state index contributed by atoms with van der Waals surface area (Å²) < 4.78 is 4.89. The molecule has 0 spiro atoms. The highest BCUT2D eigenvalue weighted by molar-refractivity contribution is 5.91. The van der Waals surface area contributed by atoms with E-state index in [4.69, 9.17) is 9.84 Å². The Morgan fingerprint density at radius 2 is 2.18 bits per heavy atom. The number of carboxylic acids is 1. The molecule has 0 aliphatic carbocycles. The topological polar surface area (TPSA) is 72.3 Å². The van der Waals surface area contributed by atoms with Crippen molar-refractivity contribution in [2.75, 3.05) is 7.11 Å². The Morgan fingerprint density at radius 3 is 2.76 bits per heavy atom. The van der Waals surface area contributed by atoms with Crippen LogP contribution in [0.15, 0.2) is 36.8 Å². The first-order chi connectivity index (χ1) is 8.22. The van der Waals surface area contributed by atoms with Crippen molar-refractivity contribution in [2.45, 2.75) is 0 Å². The highest BCUT2D eigenvalue weighted by Crippen LogP contribution is 2.23. The molecule has 0 saturated carbocycles. The van der Waals surface area contributed by atoms with Crippen LogP contribution in [0.4, 0.5) is 0 Å². The van der Waals surface area contributed by atoms with Crippen LogP contribution in [-0.2, 0) is 0 Å². The number of hydrogen-bond acceptors (Lipinski definition) is 4. The minimum absolute atomic E-state index is 0.0360. The average molecular weight is 230 g/mol. The Hall–Kier alpha value is -2.43. The maximum atomic E-state index is 11.0. The van der Waals surface area contributed by atoms with Gasteiger partial charge in [0.05, 0.1) is 7.11 Å². The van der Waals surface area contributed by atoms with Gasteiger partial charge in [-0.1, -0.05) is 6.07 Å². The summed E-state index contributed by atoms with van der Waals surface area (Å²) in [7, 11) is 1.39. The lowest BCUT2D eigenvalue weighted by molar-refractivity contribution is 0.0692. The van der Waals surface area contributed by atoms with Crippen LogP contribution in [0.5, 0.6) is 5.88 Å². The first-order valence-corrected chi connectivity index (χ1v) is 4.90. The molecule has 5 heteroatoms. The molecule has 0 aromatic carbocycles. The summed E-state index contributed by atoms with van der Waals surface area (Å²) >= 11 is 0. The normalized spacial score (nSPS) is 9.94. The third-order valence-electron chi connectivity index (χ3n) is 2.27. The van der Waals surface area contributed by atoms with Crippen molar-refractivity contribution < 1.29 is 14.6 Å². The first-order valence-electron chi connectivity index (χ1n) is 4.90. The Labute approximate surface area is 97.7 Å². The van der Waals surface area contributed by atoms with Crippen LogP contribution in [0.2, 0.25) is 0 Å². The SMILES string of the molecule is COc1ncc(-c2cccnc2)cc1C(=O)O. The summed E-state index contributed by atoms with van der Waals surface area (Å²) in [5.41, 5.74) is 1.54. The Morgan fingerprint density at radius 1 is 1.35 bits per heavy atom. The van der Waals surface area contributed by atoms with Crippen molar-refractivity contribution in [3.8, 4) is 17.0 Å². The maximum Gasteiger partial charge on any atom is 0.341 e. The minimum atomic E-state index is -1.07. The number of methoxy groups -OCH3 is 1. The van der Waals surface area contributed by atoms with Crippen molar-refractivity contribution in [2.24, 2.45) is 0 Å². The zero-order valence-corrected chi connectivity index (χ0v) is 9.12. The van der Waals surface area contributed by atoms with E-state index in [9.17, 15) is 4.79 Å². The summed E-state index contributed by atoms with van der Waals surface area (Å²) in [5.74, 6) is -0.967. The second kappa shape index (κ2) is 4.61. The number of nitrogens with zero attached hydrogens (tertiary/aromatic N) is 2. The zero-order valence-electron chi connectivity index (χ0n) is 9.12. The summed E-state index contributed by atoms with van der Waals surface area (Å²) in [4.78, 5) is 19.0. The molecule has 0 amide bonds. The number of carboxylic acid groups (broad SMARTS) is 1. The molecule has 0 atom stereocenters. The van der Waals surface area contributed by atoms with E-state index in [1.54, 1.807) is 24.7 Å². The van der Waals surface area contributed by atoms with Crippen LogP contribution in [0.1, 0.15) is 10.4 Å². The quantitative estimate of drug-likeness (QED) is 0.871. The third kappa shape index (κ3) is 2.23. The Bertz CT molecular complexity index is 541. The summed E-state index contributed by atoms with van der Waals surface area (Å²) in [6, 6.07) is 5.13. The lowest BCUT2D eigenvalue weighted by atomic mass is 10.1. The van der Waals surface area contributed by atoms with E-state index in [0.29, 0.717) is 5.56 Å². The highest BCUT2D eigenvalue weighted by atomic mass is 16.5. The molecule has 0 unspecified atom stereocenters. The van der Waals surface area contributed by atoms with Gasteiger partial charge in [0.25, 0.3) is 0 Å². The lowest BCUT2D eigenvalue weighted by Crippen LogP contribution is -2.02. The predicted octanol–water partition coefficient (Wildman–Crippen LogP) is 1.85. The van der Waals surface area contributed by atoms with Crippen molar-refractivity contribution in [3.63, 3.8) is 0 Å². The first kappa shape index (κ1) is 11.1. The largest absolute Gasteiger partial charge is 0.480 e. The molecule has 0 aliphatic heterocycles. The molecule has 0 radical (unpaired) electrons. The van der Waals surface area contributed by atoms with Crippen LogP contribution in [0, 0.1) is 0 Å². The fourth-order valence-electron chi connectivity index (χ4n) is 1.46. The number of aromatic carboxylic acids is 1. The van der Waals surface area contributed by atoms with E-state index in [-0.39, 0.29) is 11.4 Å². The maximum absolute atomic E-state index is 11.0. The van der Waals surface area contributed by atoms with Crippen molar-refractivity contribution in [1.82, 2.24) is 9.97 Å². The molecule has 2 heterocycles. The van der Waals surface area contributed by atoms with E-state index in [1.807, 2.05) is 6.07 Å². The second-order valence-electron chi connectivity index (χ2n) is 3.33. The molecular formula is C12H10N2O3. The Balaban J connectivity index is 2.51. The molecule has 0 aliphatic rings. The van der Waals surface area contributed by atoms with Gasteiger partial charge in [-0.2, -0.15) is 0 Å². The smallest absolute Gasteiger partial charge is 0.341 e. The van der Waals surface area contributed by atoms with Crippen molar-refractivity contribution >= 4 is 5.97 Å². The second-order valence-corrected chi connectivity index (χ2v) is 3.33. The van der Waals surface area contributed by atoms with E-state index in [0.717, 1.165) is 5.56 Å². The van der Waals surface area contributed by atoms with Gasteiger partial charge < -0.3 is 9.84 Å². The van der Waals surface area contributed by atoms with Crippen LogP contribution in [0.25, 0.3) is 11.1 Å². The number of carbonyl (C=O) groups is 1. The van der Waals surface area contributed by atoms with Gasteiger partial charge in [0.2, 0.25) is 5.88 Å². The molecule has 0 fully saturated rings. The van der Waals surface area contributed by atoms with Gasteiger partial charge in [-0.25, -0.2) is 9.78 Å². The molecule has 0 saturated heterocycles. The summed E-state index contributed by atoms with van der Waals surface area (Å²) in [5, 5.41) is 9.03. The highest BCUT2D eigenvalue weighted by Gasteiger charge is 2.13. The van der Waals surface area contributed by atoms with Crippen LogP contribution in [-0.4, -0.2) is 28.2 Å². The Kier molecular flexibility index (Phi) is 3.00. The standard InChI is InChI=1S/C12H10N2O3/c1-17-11-10(12(15)16)5-9(7-14-11)8-3-2-4-13-6-8/h2-7H,1H3,(H,15,16). The third-order valence-corrected chi connectivity index (χ3v) is 2.27. The van der Waals surface area contributed by atoms with E-state index < -0.39 is 5.97 Å². The average Bonchev–Trinajstić information content (AvgIpc) is 2.39. The molecule has 5 nitrogen and oxygen atoms in total. The molecule has 2 rings (SSSR count). The van der Waals surface area contributed by atoms with Crippen molar-refractivity contribution in [3.05, 3.63) is 42.4 Å². The monoisotopic (exact) mass is 230 g/mol. The summed E-state index contributed by atoms with van der Waals surface area (Å²) in [6.07, 6.45) is 4.86. The van der Waals surface area contributed by atoms with Crippen LogP contribution in [0.3, 0.4) is 0 Å². The lowest BCUT2D eigenvalue weighted by Gasteiger charge is -2.06. The predicted molar refractivity (Wildman–Crippen MR) is 61.0 cm³/mol. The van der Waals surface area contributed by atoms with Gasteiger partial charge in [-0.05, 0) is 12.1 Å². The van der Waals surface area contributed by atoms with Gasteiger partial charge in [0, 0.05) is 29.7 Å². The molecule has 1 N–H and O–H groups in total. The minimum Gasteiger partial charge on any atom is -0.480 e. The number of aromatic nitrogens is 2. The number of ether oxygens (including phenoxy) is 1. The molecule has 0 bridgehead atoms. The van der Waals surface area contributed by atoms with E-state index >= 15 is 0 Å². The van der Waals surface area contributed by atoms with E-state index in [1.165, 1.54) is 13.2 Å². The van der Waals surface area contributed by atoms with Crippen LogP contribution < -0.4 is 4.74 Å². The molecule has 2 aromatic rings. The fraction of sp³-hybridized carbons (Fsp3) is 0.0833. The number of rotatable bonds is 3. The number of pyridine rings is 2. The van der Waals surface area contributed by atoms with Crippen LogP contribution >= 0.6 is 0 Å². The van der Waals surface area contributed by atoms with Gasteiger partial charge in [-0.15, -0.1) is 0 Å². The van der Waals surface area contributed by atoms with Gasteiger partial charge in [-0.3, -0.25) is 4.98 Å². The van der Waals surface area contributed by atoms with Gasteiger partial charge >= 0.3 is 5.97 Å². The molecule has 2 aromatic heterocycles. The van der Waals surface area contributed by atoms with E-state index in [2.05, 4.69) is 9.97 Å². The molecule has 17 heavy (non-hydrogen) atoms. The molecular weight excluding hydrogens is 220 g/mol. The van der Waals surface area contributed by atoms with Gasteiger partial charge in [0.15, 0.2) is 0 Å². The summed E-state index contributed by atoms with van der Waals surface area (Å²) in [6.45, 7) is 0. The zero-order chi connectivity index (χ0) is 12.3. The molecule has 86 valence electrons. The van der Waals surface area contributed by atoms with Gasteiger partial charge in [0.1, 0.15) is 5.56 Å².